The standard InChI is InChI=1S/C38H70O21/c1-41-17-21-25(58-36-32(49-9)27(44-4)23(43-3)19(54-36)13-15-39)29(46-6)34(51-11)38(56-21)59-26-22(18-42-2)55-37(33(50-10)30(26)47-7)57-24-20(14-16-40)53-35(52-12)31(48-8)28(24)45-5/h19-40H,13-18H2,1-12H3/t19?,20?,21?,22?,23-,24+,25-,26-,27-,28-,29-,30-,31?,32?,33?,34?,35-,36+,37+,38+/m1/s1. The van der Waals surface area contributed by atoms with Gasteiger partial charge in [0.2, 0.25) is 0 Å². The molecule has 4 aliphatic heterocycles. The molecule has 4 fully saturated rings. The second-order valence-electron chi connectivity index (χ2n) is 14.4. The van der Waals surface area contributed by atoms with E-state index in [9.17, 15) is 10.2 Å². The van der Waals surface area contributed by atoms with Crippen LogP contribution in [-0.4, -0.2) is 245 Å². The van der Waals surface area contributed by atoms with Gasteiger partial charge in [-0.1, -0.05) is 0 Å². The molecule has 59 heavy (non-hydrogen) atoms. The Morgan fingerprint density at radius 2 is 0.576 bits per heavy atom. The van der Waals surface area contributed by atoms with Gasteiger partial charge in [-0.3, -0.25) is 0 Å². The molecule has 0 bridgehead atoms. The molecule has 20 atom stereocenters. The van der Waals surface area contributed by atoms with Crippen LogP contribution in [0.3, 0.4) is 0 Å². The van der Waals surface area contributed by atoms with Gasteiger partial charge in [0.1, 0.15) is 85.5 Å². The van der Waals surface area contributed by atoms with Crippen LogP contribution < -0.4 is 0 Å². The number of methoxy groups -OCH3 is 12. The summed E-state index contributed by atoms with van der Waals surface area (Å²) < 4.78 is 116. The van der Waals surface area contributed by atoms with Crippen LogP contribution >= 0.6 is 0 Å². The molecule has 21 nitrogen and oxygen atoms in total. The zero-order chi connectivity index (χ0) is 43.2. The summed E-state index contributed by atoms with van der Waals surface area (Å²) in [5, 5.41) is 19.8. The number of aliphatic hydroxyl groups is 2. The van der Waals surface area contributed by atoms with Crippen LogP contribution in [0.4, 0.5) is 0 Å². The first kappa shape index (κ1) is 50.8. The summed E-state index contributed by atoms with van der Waals surface area (Å²) in [5.41, 5.74) is 0. The smallest absolute Gasteiger partial charge is 0.187 e. The first-order valence-electron chi connectivity index (χ1n) is 19.7. The molecule has 0 spiro atoms. The summed E-state index contributed by atoms with van der Waals surface area (Å²) in [4.78, 5) is 0. The number of hydrogen-bond donors (Lipinski definition) is 2. The lowest BCUT2D eigenvalue weighted by Crippen LogP contribution is -2.68. The second-order valence-corrected chi connectivity index (χ2v) is 14.4. The Hall–Kier alpha value is -0.840. The molecule has 0 aromatic heterocycles. The van der Waals surface area contributed by atoms with Gasteiger partial charge in [-0.05, 0) is 12.8 Å². The Morgan fingerprint density at radius 3 is 0.881 bits per heavy atom. The molecule has 4 heterocycles. The number of aliphatic hydroxyl groups excluding tert-OH is 2. The lowest BCUT2D eigenvalue weighted by atomic mass is 9.94. The summed E-state index contributed by atoms with van der Waals surface area (Å²) in [5.74, 6) is 0. The fourth-order valence-electron chi connectivity index (χ4n) is 8.66. The third-order valence-corrected chi connectivity index (χ3v) is 11.4. The van der Waals surface area contributed by atoms with Crippen molar-refractivity contribution in [2.75, 3.05) is 112 Å². The Morgan fingerprint density at radius 1 is 0.305 bits per heavy atom. The second kappa shape index (κ2) is 25.5. The van der Waals surface area contributed by atoms with Gasteiger partial charge in [0.05, 0.1) is 25.4 Å². The van der Waals surface area contributed by atoms with Crippen molar-refractivity contribution in [1.82, 2.24) is 0 Å². The lowest BCUT2D eigenvalue weighted by Gasteiger charge is -2.52. The van der Waals surface area contributed by atoms with Crippen molar-refractivity contribution in [3.8, 4) is 0 Å². The van der Waals surface area contributed by atoms with Crippen molar-refractivity contribution >= 4 is 0 Å². The van der Waals surface area contributed by atoms with E-state index in [1.54, 1.807) is 14.2 Å². The van der Waals surface area contributed by atoms with E-state index in [1.165, 1.54) is 71.1 Å². The van der Waals surface area contributed by atoms with Crippen molar-refractivity contribution < 1.29 is 100 Å². The molecule has 348 valence electrons. The maximum atomic E-state index is 9.95. The minimum Gasteiger partial charge on any atom is -0.396 e. The summed E-state index contributed by atoms with van der Waals surface area (Å²) in [6.07, 6.45) is -15.6. The van der Waals surface area contributed by atoms with Gasteiger partial charge in [-0.15, -0.1) is 0 Å². The van der Waals surface area contributed by atoms with Crippen molar-refractivity contribution in [3.63, 3.8) is 0 Å². The molecular formula is C38H70O21. The number of rotatable bonds is 24. The average molecular weight is 863 g/mol. The molecule has 0 radical (unpaired) electrons. The predicted octanol–water partition coefficient (Wildman–Crippen LogP) is -1.12. The molecule has 0 aromatic carbocycles. The highest BCUT2D eigenvalue weighted by Gasteiger charge is 2.57. The average Bonchev–Trinajstić information content (AvgIpc) is 3.24. The predicted molar refractivity (Wildman–Crippen MR) is 201 cm³/mol. The molecule has 4 rings (SSSR count). The first-order chi connectivity index (χ1) is 28.7. The molecule has 0 amide bonds. The summed E-state index contributed by atoms with van der Waals surface area (Å²) in [6.45, 7) is -0.244. The van der Waals surface area contributed by atoms with Crippen LogP contribution in [0.1, 0.15) is 12.8 Å². The maximum Gasteiger partial charge on any atom is 0.187 e. The Labute approximate surface area is 347 Å². The number of hydrogen-bond acceptors (Lipinski definition) is 21. The molecule has 0 aliphatic carbocycles. The lowest BCUT2D eigenvalue weighted by molar-refractivity contribution is -0.394. The fraction of sp³-hybridized carbons (Fsp3) is 1.00. The van der Waals surface area contributed by atoms with E-state index >= 15 is 0 Å². The zero-order valence-electron chi connectivity index (χ0n) is 36.4. The molecule has 0 aromatic rings. The molecule has 8 unspecified atom stereocenters. The van der Waals surface area contributed by atoms with E-state index in [4.69, 9.17) is 90.0 Å². The summed E-state index contributed by atoms with van der Waals surface area (Å²) in [7, 11) is 18.3. The minimum absolute atomic E-state index is 0.0447. The first-order valence-corrected chi connectivity index (χ1v) is 19.7. The highest BCUT2D eigenvalue weighted by Crippen LogP contribution is 2.39. The number of ether oxygens (including phenoxy) is 19. The molecule has 2 N–H and O–H groups in total. The molecule has 21 heteroatoms. The monoisotopic (exact) mass is 862 g/mol. The van der Waals surface area contributed by atoms with Crippen LogP contribution in [0.15, 0.2) is 0 Å². The van der Waals surface area contributed by atoms with Crippen molar-refractivity contribution in [2.24, 2.45) is 0 Å². The quantitative estimate of drug-likeness (QED) is 0.118. The Balaban J connectivity index is 1.63. The van der Waals surface area contributed by atoms with Gasteiger partial charge in [-0.25, -0.2) is 0 Å². The highest BCUT2D eigenvalue weighted by molar-refractivity contribution is 5.00. The normalized spacial score (nSPS) is 43.2. The molecular weight excluding hydrogens is 792 g/mol. The third-order valence-electron chi connectivity index (χ3n) is 11.4. The van der Waals surface area contributed by atoms with Crippen molar-refractivity contribution in [3.05, 3.63) is 0 Å². The SMILES string of the molecule is COCC1O[C@@H](O[C@@H]2C(COC)O[C@@H](O[C@H]3C(CCO)O[C@@H](OC)C(OC)[C@@H]3OC)C(OC)[C@@H]2OC)C(OC)[C@H](OC)[C@@H]1O[C@@H]1OC(CCO)[C@@H](OC)[C@@H](OC)C1OC. The van der Waals surface area contributed by atoms with E-state index in [1.807, 2.05) is 0 Å². The zero-order valence-corrected chi connectivity index (χ0v) is 36.4. The summed E-state index contributed by atoms with van der Waals surface area (Å²) >= 11 is 0. The van der Waals surface area contributed by atoms with Gasteiger partial charge < -0.3 is 100 Å². The van der Waals surface area contributed by atoms with E-state index in [-0.39, 0.29) is 39.3 Å². The Bertz CT molecular complexity index is 1150. The van der Waals surface area contributed by atoms with E-state index in [0.717, 1.165) is 0 Å². The van der Waals surface area contributed by atoms with E-state index in [0.29, 0.717) is 0 Å². The van der Waals surface area contributed by atoms with Gasteiger partial charge in [0, 0.05) is 98.5 Å². The van der Waals surface area contributed by atoms with Gasteiger partial charge >= 0.3 is 0 Å². The van der Waals surface area contributed by atoms with Crippen molar-refractivity contribution in [2.45, 2.75) is 136 Å². The van der Waals surface area contributed by atoms with Gasteiger partial charge in [-0.2, -0.15) is 0 Å². The van der Waals surface area contributed by atoms with E-state index in [2.05, 4.69) is 0 Å². The highest BCUT2D eigenvalue weighted by atomic mass is 16.8. The molecule has 4 saturated heterocycles. The van der Waals surface area contributed by atoms with Crippen LogP contribution in [0, 0.1) is 0 Å². The van der Waals surface area contributed by atoms with Gasteiger partial charge in [0.15, 0.2) is 25.2 Å². The topological polar surface area (TPSA) is 216 Å². The summed E-state index contributed by atoms with van der Waals surface area (Å²) in [6, 6.07) is 0. The van der Waals surface area contributed by atoms with Crippen LogP contribution in [0.5, 0.6) is 0 Å². The Kier molecular flexibility index (Phi) is 21.9. The molecule has 0 saturated carbocycles. The molecule has 4 aliphatic rings. The fourth-order valence-corrected chi connectivity index (χ4v) is 8.66. The van der Waals surface area contributed by atoms with Crippen LogP contribution in [0.25, 0.3) is 0 Å². The maximum absolute atomic E-state index is 9.95. The van der Waals surface area contributed by atoms with E-state index < -0.39 is 123 Å². The van der Waals surface area contributed by atoms with Gasteiger partial charge in [0.25, 0.3) is 0 Å². The third kappa shape index (κ3) is 11.5. The van der Waals surface area contributed by atoms with Crippen molar-refractivity contribution in [1.29, 1.82) is 0 Å². The van der Waals surface area contributed by atoms with Crippen LogP contribution in [0.2, 0.25) is 0 Å². The minimum atomic E-state index is -1.10. The largest absolute Gasteiger partial charge is 0.396 e. The van der Waals surface area contributed by atoms with Crippen LogP contribution in [-0.2, 0) is 90.0 Å².